The normalized spacial score (nSPS) is 12.9. The van der Waals surface area contributed by atoms with Crippen LogP contribution in [0.15, 0.2) is 23.1 Å². The summed E-state index contributed by atoms with van der Waals surface area (Å²) >= 11 is 0. The average Bonchev–Trinajstić information content (AvgIpc) is 2.44. The molecule has 21 heavy (non-hydrogen) atoms. The summed E-state index contributed by atoms with van der Waals surface area (Å²) in [5.74, 6) is -1.20. The number of sulfonamides is 1. The smallest absolute Gasteiger partial charge is 0.335 e. The van der Waals surface area contributed by atoms with Crippen molar-refractivity contribution in [1.82, 2.24) is 4.72 Å². The van der Waals surface area contributed by atoms with Gasteiger partial charge in [0.1, 0.15) is 10.6 Å². The molecule has 0 aliphatic heterocycles. The number of ether oxygens (including phenoxy) is 1. The highest BCUT2D eigenvalue weighted by atomic mass is 32.2. The zero-order valence-corrected chi connectivity index (χ0v) is 12.7. The van der Waals surface area contributed by atoms with E-state index in [9.17, 15) is 18.3 Å². The third-order valence-corrected chi connectivity index (χ3v) is 4.28. The van der Waals surface area contributed by atoms with E-state index in [2.05, 4.69) is 4.72 Å². The lowest BCUT2D eigenvalue weighted by atomic mass is 10.2. The number of methoxy groups -OCH3 is 1. The molecule has 0 fully saturated rings. The first-order valence-corrected chi connectivity index (χ1v) is 7.89. The molecule has 7 nitrogen and oxygen atoms in total. The first-order valence-electron chi connectivity index (χ1n) is 6.41. The van der Waals surface area contributed by atoms with Crippen LogP contribution in [0.1, 0.15) is 30.1 Å². The predicted molar refractivity (Wildman–Crippen MR) is 76.1 cm³/mol. The summed E-state index contributed by atoms with van der Waals surface area (Å²) < 4.78 is 31.6. The Balaban J connectivity index is 3.05. The summed E-state index contributed by atoms with van der Waals surface area (Å²) in [7, 11) is -2.68. The molecule has 0 bridgehead atoms. The van der Waals surface area contributed by atoms with Crippen LogP contribution in [0.25, 0.3) is 0 Å². The van der Waals surface area contributed by atoms with Gasteiger partial charge in [-0.1, -0.05) is 13.3 Å². The number of carboxylic acid groups (broad SMARTS) is 1. The third kappa shape index (κ3) is 4.69. The van der Waals surface area contributed by atoms with Gasteiger partial charge in [-0.2, -0.15) is 0 Å². The first-order chi connectivity index (χ1) is 9.81. The van der Waals surface area contributed by atoms with Crippen molar-refractivity contribution in [2.75, 3.05) is 13.7 Å². The SMILES string of the molecule is CCCC(O)CNS(=O)(=O)c1cc(C(=O)O)ccc1OC. The zero-order valence-electron chi connectivity index (χ0n) is 11.9. The fraction of sp³-hybridized carbons (Fsp3) is 0.462. The van der Waals surface area contributed by atoms with Crippen molar-refractivity contribution in [2.45, 2.75) is 30.8 Å². The Morgan fingerprint density at radius 1 is 1.43 bits per heavy atom. The Bertz CT molecular complexity index is 599. The van der Waals surface area contributed by atoms with Crippen molar-refractivity contribution in [2.24, 2.45) is 0 Å². The zero-order chi connectivity index (χ0) is 16.0. The van der Waals surface area contributed by atoms with E-state index in [0.29, 0.717) is 6.42 Å². The van der Waals surface area contributed by atoms with Crippen molar-refractivity contribution in [3.63, 3.8) is 0 Å². The van der Waals surface area contributed by atoms with E-state index in [0.717, 1.165) is 12.5 Å². The fourth-order valence-corrected chi connectivity index (χ4v) is 3.00. The van der Waals surface area contributed by atoms with E-state index in [1.165, 1.54) is 19.2 Å². The van der Waals surface area contributed by atoms with Crippen LogP contribution < -0.4 is 9.46 Å². The molecule has 0 aromatic heterocycles. The molecule has 0 radical (unpaired) electrons. The summed E-state index contributed by atoms with van der Waals surface area (Å²) in [6, 6.07) is 3.56. The highest BCUT2D eigenvalue weighted by molar-refractivity contribution is 7.89. The molecular weight excluding hydrogens is 298 g/mol. The molecule has 1 rings (SSSR count). The van der Waals surface area contributed by atoms with Crippen molar-refractivity contribution in [3.8, 4) is 5.75 Å². The van der Waals surface area contributed by atoms with Gasteiger partial charge in [0, 0.05) is 6.54 Å². The largest absolute Gasteiger partial charge is 0.495 e. The molecule has 0 saturated carbocycles. The second-order valence-corrected chi connectivity index (χ2v) is 6.20. The number of aromatic carboxylic acids is 1. The van der Waals surface area contributed by atoms with Crippen LogP contribution in [0.5, 0.6) is 5.75 Å². The predicted octanol–water partition coefficient (Wildman–Crippen LogP) is 0.833. The number of hydrogen-bond donors (Lipinski definition) is 3. The summed E-state index contributed by atoms with van der Waals surface area (Å²) in [4.78, 5) is 10.7. The molecule has 1 aromatic carbocycles. The number of benzene rings is 1. The highest BCUT2D eigenvalue weighted by Crippen LogP contribution is 2.24. The van der Waals surface area contributed by atoms with Crippen molar-refractivity contribution < 1.29 is 28.2 Å². The summed E-state index contributed by atoms with van der Waals surface area (Å²) in [5.41, 5.74) is -0.162. The van der Waals surface area contributed by atoms with Crippen molar-refractivity contribution >= 4 is 16.0 Å². The van der Waals surface area contributed by atoms with Crippen molar-refractivity contribution in [1.29, 1.82) is 0 Å². The Morgan fingerprint density at radius 2 is 2.10 bits per heavy atom. The van der Waals surface area contributed by atoms with Crippen LogP contribution in [-0.4, -0.2) is 44.4 Å². The maximum Gasteiger partial charge on any atom is 0.335 e. The van der Waals surface area contributed by atoms with E-state index in [1.807, 2.05) is 6.92 Å². The van der Waals surface area contributed by atoms with Gasteiger partial charge in [0.05, 0.1) is 18.8 Å². The van der Waals surface area contributed by atoms with Crippen LogP contribution in [0.3, 0.4) is 0 Å². The fourth-order valence-electron chi connectivity index (χ4n) is 1.74. The summed E-state index contributed by atoms with van der Waals surface area (Å²) in [5, 5.41) is 18.5. The Labute approximate surface area is 123 Å². The summed E-state index contributed by atoms with van der Waals surface area (Å²) in [6.45, 7) is 1.73. The molecule has 1 aromatic rings. The highest BCUT2D eigenvalue weighted by Gasteiger charge is 2.22. The number of hydrogen-bond acceptors (Lipinski definition) is 5. The Morgan fingerprint density at radius 3 is 2.62 bits per heavy atom. The maximum absolute atomic E-state index is 12.2. The molecule has 0 amide bonds. The minimum absolute atomic E-state index is 0.0393. The minimum atomic E-state index is -3.97. The minimum Gasteiger partial charge on any atom is -0.495 e. The first kappa shape index (κ1) is 17.4. The van der Waals surface area contributed by atoms with Gasteiger partial charge >= 0.3 is 5.97 Å². The van der Waals surface area contributed by atoms with Gasteiger partial charge in [-0.05, 0) is 24.6 Å². The second kappa shape index (κ2) is 7.39. The molecule has 1 unspecified atom stereocenters. The number of carboxylic acids is 1. The average molecular weight is 317 g/mol. The van der Waals surface area contributed by atoms with Gasteiger partial charge in [-0.25, -0.2) is 17.9 Å². The Kier molecular flexibility index (Phi) is 6.13. The van der Waals surface area contributed by atoms with E-state index >= 15 is 0 Å². The summed E-state index contributed by atoms with van der Waals surface area (Å²) in [6.07, 6.45) is 0.397. The molecule has 0 aliphatic rings. The van der Waals surface area contributed by atoms with Gasteiger partial charge in [0.2, 0.25) is 10.0 Å². The quantitative estimate of drug-likeness (QED) is 0.654. The molecule has 118 valence electrons. The molecule has 0 heterocycles. The number of rotatable bonds is 8. The van der Waals surface area contributed by atoms with Gasteiger partial charge in [-0.15, -0.1) is 0 Å². The van der Waals surface area contributed by atoms with Crippen LogP contribution >= 0.6 is 0 Å². The number of aliphatic hydroxyl groups excluding tert-OH is 1. The van der Waals surface area contributed by atoms with E-state index in [1.54, 1.807) is 0 Å². The third-order valence-electron chi connectivity index (χ3n) is 2.83. The van der Waals surface area contributed by atoms with Crippen LogP contribution in [0, 0.1) is 0 Å². The second-order valence-electron chi connectivity index (χ2n) is 4.47. The lowest BCUT2D eigenvalue weighted by Crippen LogP contribution is -2.32. The van der Waals surface area contributed by atoms with Crippen LogP contribution in [-0.2, 0) is 10.0 Å². The van der Waals surface area contributed by atoms with Gasteiger partial charge in [0.25, 0.3) is 0 Å². The molecule has 8 heteroatoms. The van der Waals surface area contributed by atoms with E-state index < -0.39 is 22.1 Å². The van der Waals surface area contributed by atoms with E-state index in [4.69, 9.17) is 9.84 Å². The van der Waals surface area contributed by atoms with Crippen LogP contribution in [0.4, 0.5) is 0 Å². The number of nitrogens with one attached hydrogen (secondary N) is 1. The topological polar surface area (TPSA) is 113 Å². The van der Waals surface area contributed by atoms with Gasteiger partial charge in [0.15, 0.2) is 0 Å². The maximum atomic E-state index is 12.2. The molecular formula is C13H19NO6S. The standard InChI is InChI=1S/C13H19NO6S/c1-3-4-10(15)8-14-21(18,19)12-7-9(13(16)17)5-6-11(12)20-2/h5-7,10,14-15H,3-4,8H2,1-2H3,(H,16,17). The lowest BCUT2D eigenvalue weighted by molar-refractivity contribution is 0.0696. The van der Waals surface area contributed by atoms with Gasteiger partial charge < -0.3 is 14.9 Å². The van der Waals surface area contributed by atoms with Gasteiger partial charge in [-0.3, -0.25) is 0 Å². The molecule has 0 aliphatic carbocycles. The van der Waals surface area contributed by atoms with Crippen LogP contribution in [0.2, 0.25) is 0 Å². The molecule has 3 N–H and O–H groups in total. The van der Waals surface area contributed by atoms with Crippen molar-refractivity contribution in [3.05, 3.63) is 23.8 Å². The molecule has 0 spiro atoms. The van der Waals surface area contributed by atoms with E-state index in [-0.39, 0.29) is 22.8 Å². The molecule has 0 saturated heterocycles. The number of aliphatic hydroxyl groups is 1. The lowest BCUT2D eigenvalue weighted by Gasteiger charge is -2.14. The Hall–Kier alpha value is -1.64. The monoisotopic (exact) mass is 317 g/mol. The molecule has 1 atom stereocenters. The number of carbonyl (C=O) groups is 1.